The lowest BCUT2D eigenvalue weighted by Gasteiger charge is -2.22. The maximum absolute atomic E-state index is 5.99. The van der Waals surface area contributed by atoms with E-state index in [0.717, 1.165) is 24.8 Å². The molecule has 1 aliphatic heterocycles. The highest BCUT2D eigenvalue weighted by atomic mass is 35.5. The predicted molar refractivity (Wildman–Crippen MR) is 50.9 cm³/mol. The lowest BCUT2D eigenvalue weighted by atomic mass is 10.2. The molecule has 66 valence electrons. The molecule has 1 saturated heterocycles. The highest BCUT2D eigenvalue weighted by Gasteiger charge is 2.18. The second-order valence-electron chi connectivity index (χ2n) is 2.71. The molecule has 4 heteroatoms. The number of hydrogen-bond donors (Lipinski definition) is 1. The van der Waals surface area contributed by atoms with E-state index in [1.54, 1.807) is 11.3 Å². The minimum Gasteiger partial charge on any atom is -0.378 e. The molecule has 2 rings (SSSR count). The van der Waals surface area contributed by atoms with E-state index in [0.29, 0.717) is 6.04 Å². The summed E-state index contributed by atoms with van der Waals surface area (Å²) in [5.74, 6) is 0. The number of rotatable bonds is 1. The van der Waals surface area contributed by atoms with Crippen LogP contribution in [0.25, 0.3) is 0 Å². The van der Waals surface area contributed by atoms with Crippen molar-refractivity contribution in [1.29, 1.82) is 0 Å². The molecule has 0 bridgehead atoms. The molecule has 2 nitrogen and oxygen atoms in total. The van der Waals surface area contributed by atoms with Gasteiger partial charge in [-0.2, -0.15) is 0 Å². The van der Waals surface area contributed by atoms with Crippen LogP contribution < -0.4 is 5.32 Å². The first-order valence-electron chi connectivity index (χ1n) is 3.92. The fourth-order valence-electron chi connectivity index (χ4n) is 1.29. The van der Waals surface area contributed by atoms with Gasteiger partial charge in [0.1, 0.15) is 0 Å². The molecule has 1 N–H and O–H groups in total. The Morgan fingerprint density at radius 1 is 1.67 bits per heavy atom. The number of nitrogens with one attached hydrogen (secondary N) is 1. The maximum atomic E-state index is 5.99. The molecule has 0 radical (unpaired) electrons. The van der Waals surface area contributed by atoms with E-state index < -0.39 is 0 Å². The molecule has 0 spiro atoms. The molecule has 0 saturated carbocycles. The van der Waals surface area contributed by atoms with Crippen LogP contribution in [0.15, 0.2) is 11.4 Å². The van der Waals surface area contributed by atoms with Crippen LogP contribution in [0.1, 0.15) is 10.9 Å². The van der Waals surface area contributed by atoms with E-state index >= 15 is 0 Å². The molecule has 1 aromatic heterocycles. The van der Waals surface area contributed by atoms with Crippen LogP contribution in [-0.4, -0.2) is 19.8 Å². The number of ether oxygens (including phenoxy) is 1. The van der Waals surface area contributed by atoms with Crippen LogP contribution in [0.3, 0.4) is 0 Å². The molecule has 1 aliphatic rings. The fourth-order valence-corrected chi connectivity index (χ4v) is 2.54. The van der Waals surface area contributed by atoms with Gasteiger partial charge in [0.25, 0.3) is 0 Å². The van der Waals surface area contributed by atoms with Crippen molar-refractivity contribution < 1.29 is 4.74 Å². The number of thiophene rings is 1. The van der Waals surface area contributed by atoms with Gasteiger partial charge in [-0.05, 0) is 11.4 Å². The Balaban J connectivity index is 2.13. The highest BCUT2D eigenvalue weighted by Crippen LogP contribution is 2.29. The third-order valence-electron chi connectivity index (χ3n) is 1.88. The largest absolute Gasteiger partial charge is 0.378 e. The minimum absolute atomic E-state index is 0.297. The monoisotopic (exact) mass is 203 g/mol. The second kappa shape index (κ2) is 3.75. The Labute approximate surface area is 80.5 Å². The van der Waals surface area contributed by atoms with Crippen LogP contribution in [-0.2, 0) is 4.74 Å². The van der Waals surface area contributed by atoms with Crippen molar-refractivity contribution in [3.8, 4) is 0 Å². The predicted octanol–water partition coefficient (Wildman–Crippen LogP) is 2.06. The average molecular weight is 204 g/mol. The summed E-state index contributed by atoms with van der Waals surface area (Å²) < 4.78 is 5.35. The van der Waals surface area contributed by atoms with Gasteiger partial charge in [0, 0.05) is 11.4 Å². The van der Waals surface area contributed by atoms with Crippen LogP contribution in [0.2, 0.25) is 5.02 Å². The number of morpholine rings is 1. The first-order chi connectivity index (χ1) is 5.88. The van der Waals surface area contributed by atoms with Crippen molar-refractivity contribution in [1.82, 2.24) is 5.32 Å². The summed E-state index contributed by atoms with van der Waals surface area (Å²) in [7, 11) is 0. The first kappa shape index (κ1) is 8.51. The summed E-state index contributed by atoms with van der Waals surface area (Å²) in [6.45, 7) is 2.46. The van der Waals surface area contributed by atoms with Crippen molar-refractivity contribution in [2.45, 2.75) is 6.04 Å². The zero-order chi connectivity index (χ0) is 8.39. The Hall–Kier alpha value is -0.0900. The van der Waals surface area contributed by atoms with Crippen LogP contribution >= 0.6 is 22.9 Å². The molecule has 1 aromatic rings. The van der Waals surface area contributed by atoms with Gasteiger partial charge < -0.3 is 10.1 Å². The molecule has 0 aliphatic carbocycles. The molecule has 0 amide bonds. The summed E-state index contributed by atoms with van der Waals surface area (Å²) in [6.07, 6.45) is 0. The molecule has 1 atom stereocenters. The third kappa shape index (κ3) is 1.64. The lowest BCUT2D eigenvalue weighted by Crippen LogP contribution is -2.34. The Kier molecular flexibility index (Phi) is 2.66. The van der Waals surface area contributed by atoms with Crippen LogP contribution in [0, 0.1) is 0 Å². The van der Waals surface area contributed by atoms with Gasteiger partial charge in [-0.1, -0.05) is 11.6 Å². The minimum atomic E-state index is 0.297. The average Bonchev–Trinajstić information content (AvgIpc) is 2.53. The molecular formula is C8H10ClNOS. The van der Waals surface area contributed by atoms with E-state index in [9.17, 15) is 0 Å². The van der Waals surface area contributed by atoms with Crippen molar-refractivity contribution in [3.63, 3.8) is 0 Å². The topological polar surface area (TPSA) is 21.3 Å². The SMILES string of the molecule is Clc1ccsc1[C@H]1COCCN1. The first-order valence-corrected chi connectivity index (χ1v) is 5.17. The Morgan fingerprint density at radius 2 is 2.58 bits per heavy atom. The van der Waals surface area contributed by atoms with Crippen molar-refractivity contribution in [3.05, 3.63) is 21.3 Å². The van der Waals surface area contributed by atoms with E-state index in [2.05, 4.69) is 5.32 Å². The van der Waals surface area contributed by atoms with E-state index in [4.69, 9.17) is 16.3 Å². The third-order valence-corrected chi connectivity index (χ3v) is 3.36. The molecule has 0 unspecified atom stereocenters. The fraction of sp³-hybridized carbons (Fsp3) is 0.500. The highest BCUT2D eigenvalue weighted by molar-refractivity contribution is 7.10. The zero-order valence-electron chi connectivity index (χ0n) is 6.55. The quantitative estimate of drug-likeness (QED) is 0.755. The smallest absolute Gasteiger partial charge is 0.0670 e. The van der Waals surface area contributed by atoms with Gasteiger partial charge in [0.2, 0.25) is 0 Å². The van der Waals surface area contributed by atoms with Crippen molar-refractivity contribution in [2.24, 2.45) is 0 Å². The summed E-state index contributed by atoms with van der Waals surface area (Å²) in [4.78, 5) is 1.19. The summed E-state index contributed by atoms with van der Waals surface area (Å²) in [6, 6.07) is 2.23. The van der Waals surface area contributed by atoms with Crippen molar-refractivity contribution >= 4 is 22.9 Å². The molecule has 0 aromatic carbocycles. The van der Waals surface area contributed by atoms with Gasteiger partial charge in [0.05, 0.1) is 24.3 Å². The van der Waals surface area contributed by atoms with E-state index in [1.165, 1.54) is 4.88 Å². The van der Waals surface area contributed by atoms with Gasteiger partial charge in [-0.25, -0.2) is 0 Å². The lowest BCUT2D eigenvalue weighted by molar-refractivity contribution is 0.0779. The Bertz CT molecular complexity index is 257. The number of hydrogen-bond acceptors (Lipinski definition) is 3. The van der Waals surface area contributed by atoms with Gasteiger partial charge in [0.15, 0.2) is 0 Å². The molecule has 12 heavy (non-hydrogen) atoms. The second-order valence-corrected chi connectivity index (χ2v) is 4.07. The van der Waals surface area contributed by atoms with Crippen LogP contribution in [0.4, 0.5) is 0 Å². The van der Waals surface area contributed by atoms with Gasteiger partial charge in [-0.15, -0.1) is 11.3 Å². The van der Waals surface area contributed by atoms with E-state index in [1.807, 2.05) is 11.4 Å². The normalized spacial score (nSPS) is 24.2. The molecular weight excluding hydrogens is 194 g/mol. The summed E-state index contributed by atoms with van der Waals surface area (Å²) >= 11 is 7.67. The molecule has 1 fully saturated rings. The Morgan fingerprint density at radius 3 is 3.17 bits per heavy atom. The standard InChI is InChI=1S/C8H10ClNOS/c9-6-1-4-12-8(6)7-5-11-3-2-10-7/h1,4,7,10H,2-3,5H2/t7-/m1/s1. The van der Waals surface area contributed by atoms with E-state index in [-0.39, 0.29) is 0 Å². The van der Waals surface area contributed by atoms with Crippen molar-refractivity contribution in [2.75, 3.05) is 19.8 Å². The maximum Gasteiger partial charge on any atom is 0.0670 e. The van der Waals surface area contributed by atoms with Gasteiger partial charge in [-0.3, -0.25) is 0 Å². The summed E-state index contributed by atoms with van der Waals surface area (Å²) in [5.41, 5.74) is 0. The molecule has 2 heterocycles. The zero-order valence-corrected chi connectivity index (χ0v) is 8.12. The van der Waals surface area contributed by atoms with Crippen LogP contribution in [0.5, 0.6) is 0 Å². The van der Waals surface area contributed by atoms with Gasteiger partial charge >= 0.3 is 0 Å². The summed E-state index contributed by atoms with van der Waals surface area (Å²) in [5, 5.41) is 6.22. The number of halogens is 1.